The highest BCUT2D eigenvalue weighted by molar-refractivity contribution is 6.01. The second kappa shape index (κ2) is 7.26. The van der Waals surface area contributed by atoms with Crippen molar-refractivity contribution in [1.82, 2.24) is 10.2 Å². The van der Waals surface area contributed by atoms with Crippen LogP contribution >= 0.6 is 0 Å². The van der Waals surface area contributed by atoms with Gasteiger partial charge in [0.15, 0.2) is 0 Å². The number of benzene rings is 1. The van der Waals surface area contributed by atoms with E-state index in [4.69, 9.17) is 0 Å². The minimum atomic E-state index is -1.03. The zero-order chi connectivity index (χ0) is 17.0. The maximum absolute atomic E-state index is 12.7. The lowest BCUT2D eigenvalue weighted by Crippen LogP contribution is -2.44. The molecule has 0 radical (unpaired) electrons. The molecular weight excluding hydrogens is 296 g/mol. The third-order valence-corrected chi connectivity index (χ3v) is 3.86. The lowest BCUT2D eigenvalue weighted by Gasteiger charge is -2.26. The number of carboxylic acid groups (broad SMARTS) is 1. The Labute approximate surface area is 135 Å². The number of hydrogen-bond acceptors (Lipinski definition) is 3. The Hall–Kier alpha value is -2.37. The maximum atomic E-state index is 12.7. The molecule has 6 heteroatoms. The van der Waals surface area contributed by atoms with Gasteiger partial charge in [0.2, 0.25) is 0 Å². The molecule has 0 bridgehead atoms. The zero-order valence-electron chi connectivity index (χ0n) is 13.4. The van der Waals surface area contributed by atoms with E-state index in [0.717, 1.165) is 19.3 Å². The van der Waals surface area contributed by atoms with Crippen molar-refractivity contribution in [1.29, 1.82) is 0 Å². The van der Waals surface area contributed by atoms with Gasteiger partial charge in [-0.3, -0.25) is 9.59 Å². The van der Waals surface area contributed by atoms with Crippen molar-refractivity contribution in [2.24, 2.45) is 0 Å². The molecule has 1 unspecified atom stereocenters. The first-order chi connectivity index (χ1) is 11.0. The summed E-state index contributed by atoms with van der Waals surface area (Å²) in [4.78, 5) is 37.4. The number of aliphatic carboxylic acids is 1. The number of hydrogen-bond donors (Lipinski definition) is 2. The molecule has 0 spiro atoms. The largest absolute Gasteiger partial charge is 0.480 e. The Morgan fingerprint density at radius 2 is 1.96 bits per heavy atom. The van der Waals surface area contributed by atoms with E-state index in [-0.39, 0.29) is 17.9 Å². The van der Waals surface area contributed by atoms with Gasteiger partial charge in [0.05, 0.1) is 0 Å². The fourth-order valence-corrected chi connectivity index (χ4v) is 2.41. The minimum absolute atomic E-state index is 0.0221. The first kappa shape index (κ1) is 17.0. The van der Waals surface area contributed by atoms with Crippen LogP contribution in [0.5, 0.6) is 0 Å². The van der Waals surface area contributed by atoms with E-state index in [0.29, 0.717) is 17.7 Å². The van der Waals surface area contributed by atoms with Crippen LogP contribution in [0.2, 0.25) is 0 Å². The summed E-state index contributed by atoms with van der Waals surface area (Å²) >= 11 is 0. The van der Waals surface area contributed by atoms with Gasteiger partial charge < -0.3 is 15.3 Å². The summed E-state index contributed by atoms with van der Waals surface area (Å²) in [7, 11) is 0. The van der Waals surface area contributed by atoms with E-state index in [2.05, 4.69) is 5.32 Å². The Kier molecular flexibility index (Phi) is 5.36. The number of carboxylic acids is 1. The number of carbonyl (C=O) groups excluding carboxylic acids is 2. The molecule has 1 aromatic carbocycles. The van der Waals surface area contributed by atoms with E-state index < -0.39 is 12.0 Å². The molecule has 1 aliphatic carbocycles. The lowest BCUT2D eigenvalue weighted by atomic mass is 10.1. The molecule has 1 aliphatic rings. The molecular formula is C17H22N2O4. The first-order valence-corrected chi connectivity index (χ1v) is 7.89. The molecule has 23 heavy (non-hydrogen) atoms. The Morgan fingerprint density at radius 3 is 2.52 bits per heavy atom. The molecule has 2 amide bonds. The topological polar surface area (TPSA) is 86.7 Å². The van der Waals surface area contributed by atoms with Gasteiger partial charge in [-0.1, -0.05) is 13.0 Å². The molecule has 6 nitrogen and oxygen atoms in total. The number of carbonyl (C=O) groups is 3. The third kappa shape index (κ3) is 4.09. The first-order valence-electron chi connectivity index (χ1n) is 7.89. The molecule has 2 rings (SSSR count). The van der Waals surface area contributed by atoms with Crippen LogP contribution in [0.3, 0.4) is 0 Å². The number of amides is 2. The van der Waals surface area contributed by atoms with E-state index in [9.17, 15) is 19.5 Å². The highest BCUT2D eigenvalue weighted by Crippen LogP contribution is 2.30. The molecule has 1 aromatic rings. The van der Waals surface area contributed by atoms with Gasteiger partial charge in [0.1, 0.15) is 6.04 Å². The minimum Gasteiger partial charge on any atom is -0.480 e. The quantitative estimate of drug-likeness (QED) is 0.804. The van der Waals surface area contributed by atoms with Gasteiger partial charge in [-0.2, -0.15) is 0 Å². The van der Waals surface area contributed by atoms with Crippen molar-refractivity contribution in [3.63, 3.8) is 0 Å². The van der Waals surface area contributed by atoms with Crippen LogP contribution in [0.4, 0.5) is 0 Å². The van der Waals surface area contributed by atoms with Gasteiger partial charge in [-0.05, 0) is 44.4 Å². The molecule has 1 fully saturated rings. The van der Waals surface area contributed by atoms with Gasteiger partial charge in [0, 0.05) is 23.7 Å². The van der Waals surface area contributed by atoms with Crippen molar-refractivity contribution in [2.45, 2.75) is 45.2 Å². The summed E-state index contributed by atoms with van der Waals surface area (Å²) < 4.78 is 0. The van der Waals surface area contributed by atoms with E-state index in [1.165, 1.54) is 17.9 Å². The van der Waals surface area contributed by atoms with Gasteiger partial charge >= 0.3 is 5.97 Å². The molecule has 124 valence electrons. The van der Waals surface area contributed by atoms with Crippen molar-refractivity contribution < 1.29 is 19.5 Å². The fourth-order valence-electron chi connectivity index (χ4n) is 2.41. The van der Waals surface area contributed by atoms with Gasteiger partial charge in [-0.25, -0.2) is 4.79 Å². The maximum Gasteiger partial charge on any atom is 0.326 e. The molecule has 1 atom stereocenters. The molecule has 0 aliphatic heterocycles. The smallest absolute Gasteiger partial charge is 0.326 e. The van der Waals surface area contributed by atoms with Crippen LogP contribution in [-0.2, 0) is 4.79 Å². The Balaban J connectivity index is 2.21. The Morgan fingerprint density at radius 1 is 1.30 bits per heavy atom. The summed E-state index contributed by atoms with van der Waals surface area (Å²) in [6.45, 7) is 4.04. The molecule has 0 aromatic heterocycles. The third-order valence-electron chi connectivity index (χ3n) is 3.86. The van der Waals surface area contributed by atoms with Crippen molar-refractivity contribution in [3.8, 4) is 0 Å². The van der Waals surface area contributed by atoms with Crippen LogP contribution in [0.15, 0.2) is 24.3 Å². The highest BCUT2D eigenvalue weighted by atomic mass is 16.4. The summed E-state index contributed by atoms with van der Waals surface area (Å²) in [5.74, 6) is -1.60. The van der Waals surface area contributed by atoms with Gasteiger partial charge in [0.25, 0.3) is 11.8 Å². The van der Waals surface area contributed by atoms with Crippen LogP contribution in [0.25, 0.3) is 0 Å². The fraction of sp³-hybridized carbons (Fsp3) is 0.471. The molecule has 1 saturated carbocycles. The number of rotatable bonds is 7. The predicted molar refractivity (Wildman–Crippen MR) is 85.4 cm³/mol. The van der Waals surface area contributed by atoms with Crippen LogP contribution in [0, 0.1) is 0 Å². The van der Waals surface area contributed by atoms with Crippen LogP contribution in [-0.4, -0.2) is 46.4 Å². The standard InChI is InChI=1S/C17H22N2O4/c1-3-9-18-15(20)12-5-4-6-13(10-12)16(21)19(14-7-8-14)11(2)17(22)23/h4-6,10-11,14H,3,7-9H2,1-2H3,(H,18,20)(H,22,23). The average Bonchev–Trinajstić information content (AvgIpc) is 3.37. The van der Waals surface area contributed by atoms with Crippen molar-refractivity contribution >= 4 is 17.8 Å². The SMILES string of the molecule is CCCNC(=O)c1cccc(C(=O)N(C2CC2)C(C)C(=O)O)c1. The summed E-state index contributed by atoms with van der Waals surface area (Å²) in [5, 5.41) is 12.0. The van der Waals surface area contributed by atoms with Crippen molar-refractivity contribution in [3.05, 3.63) is 35.4 Å². The normalized spacial score (nSPS) is 14.9. The predicted octanol–water partition coefficient (Wildman–Crippen LogP) is 1.90. The average molecular weight is 318 g/mol. The second-order valence-electron chi connectivity index (χ2n) is 5.79. The van der Waals surface area contributed by atoms with E-state index >= 15 is 0 Å². The second-order valence-corrected chi connectivity index (χ2v) is 5.79. The van der Waals surface area contributed by atoms with Gasteiger partial charge in [-0.15, -0.1) is 0 Å². The van der Waals surface area contributed by atoms with Crippen LogP contribution in [0.1, 0.15) is 53.8 Å². The molecule has 0 saturated heterocycles. The monoisotopic (exact) mass is 318 g/mol. The zero-order valence-corrected chi connectivity index (χ0v) is 13.4. The van der Waals surface area contributed by atoms with E-state index in [1.54, 1.807) is 18.2 Å². The van der Waals surface area contributed by atoms with Crippen LogP contribution < -0.4 is 5.32 Å². The van der Waals surface area contributed by atoms with Crippen molar-refractivity contribution in [2.75, 3.05) is 6.54 Å². The number of nitrogens with one attached hydrogen (secondary N) is 1. The highest BCUT2D eigenvalue weighted by Gasteiger charge is 2.38. The Bertz CT molecular complexity index is 610. The number of nitrogens with zero attached hydrogens (tertiary/aromatic N) is 1. The lowest BCUT2D eigenvalue weighted by molar-refractivity contribution is -0.141. The summed E-state index contributed by atoms with van der Waals surface area (Å²) in [5.41, 5.74) is 0.747. The summed E-state index contributed by atoms with van der Waals surface area (Å²) in [6.07, 6.45) is 2.47. The van der Waals surface area contributed by atoms with E-state index in [1.807, 2.05) is 6.92 Å². The molecule has 0 heterocycles. The summed E-state index contributed by atoms with van der Waals surface area (Å²) in [6, 6.07) is 5.52. The molecule has 2 N–H and O–H groups in total.